The molecular formula is C19H19N5O3S. The minimum Gasteiger partial charge on any atom is -0.382 e. The lowest BCUT2D eigenvalue weighted by molar-refractivity contribution is 0.0950. The van der Waals surface area contributed by atoms with Crippen molar-refractivity contribution < 1.29 is 13.2 Å². The molecule has 0 aliphatic rings. The molecule has 0 bridgehead atoms. The van der Waals surface area contributed by atoms with Gasteiger partial charge in [-0.25, -0.2) is 18.4 Å². The van der Waals surface area contributed by atoms with Crippen molar-refractivity contribution in [2.24, 2.45) is 0 Å². The minimum atomic E-state index is -3.29. The second-order valence-electron chi connectivity index (χ2n) is 6.11. The number of aromatic nitrogens is 3. The molecule has 3 rings (SSSR count). The molecule has 0 aliphatic carbocycles. The predicted molar refractivity (Wildman–Crippen MR) is 105 cm³/mol. The van der Waals surface area contributed by atoms with Gasteiger partial charge in [-0.3, -0.25) is 9.78 Å². The number of carbonyl (C=O) groups excluding carboxylic acids is 1. The molecule has 2 heterocycles. The Labute approximate surface area is 162 Å². The average molecular weight is 397 g/mol. The number of anilines is 1. The van der Waals surface area contributed by atoms with Gasteiger partial charge in [0.15, 0.2) is 21.3 Å². The Morgan fingerprint density at radius 3 is 2.50 bits per heavy atom. The van der Waals surface area contributed by atoms with Crippen LogP contribution in [0, 0.1) is 0 Å². The first-order chi connectivity index (χ1) is 13.3. The standard InChI is InChI=1S/C19H19N5O3S/c1-28(26,27)15-7-5-13(6-8-15)16-12-23-18(20)17(24-16)19(25)22-11-9-14-4-2-3-10-21-14/h2-8,10,12H,9,11H2,1H3,(H2,20,23)(H,22,25). The molecule has 0 fully saturated rings. The smallest absolute Gasteiger partial charge is 0.273 e. The summed E-state index contributed by atoms with van der Waals surface area (Å²) in [5.74, 6) is -0.414. The zero-order valence-electron chi connectivity index (χ0n) is 15.2. The maximum absolute atomic E-state index is 12.4. The van der Waals surface area contributed by atoms with E-state index < -0.39 is 15.7 Å². The lowest BCUT2D eigenvalue weighted by atomic mass is 10.1. The summed E-state index contributed by atoms with van der Waals surface area (Å²) in [7, 11) is -3.29. The van der Waals surface area contributed by atoms with Crippen LogP contribution in [0.25, 0.3) is 11.3 Å². The zero-order chi connectivity index (χ0) is 20.1. The van der Waals surface area contributed by atoms with Crippen LogP contribution in [0.4, 0.5) is 5.82 Å². The van der Waals surface area contributed by atoms with E-state index in [1.807, 2.05) is 18.2 Å². The molecule has 0 aliphatic heterocycles. The molecule has 0 saturated heterocycles. The van der Waals surface area contributed by atoms with Crippen molar-refractivity contribution in [3.05, 3.63) is 66.2 Å². The van der Waals surface area contributed by atoms with Gasteiger partial charge < -0.3 is 11.1 Å². The highest BCUT2D eigenvalue weighted by molar-refractivity contribution is 7.90. The number of sulfone groups is 1. The van der Waals surface area contributed by atoms with Crippen molar-refractivity contribution in [2.45, 2.75) is 11.3 Å². The van der Waals surface area contributed by atoms with E-state index in [1.54, 1.807) is 18.3 Å². The normalized spacial score (nSPS) is 11.2. The third-order valence-corrected chi connectivity index (χ3v) is 5.12. The highest BCUT2D eigenvalue weighted by Crippen LogP contribution is 2.20. The molecule has 0 saturated carbocycles. The fraction of sp³-hybridized carbons (Fsp3) is 0.158. The number of nitrogen functional groups attached to an aromatic ring is 1. The quantitative estimate of drug-likeness (QED) is 0.645. The molecule has 0 unspecified atom stereocenters. The van der Waals surface area contributed by atoms with Crippen LogP contribution in [0.3, 0.4) is 0 Å². The fourth-order valence-electron chi connectivity index (χ4n) is 2.51. The first-order valence-corrected chi connectivity index (χ1v) is 10.3. The average Bonchev–Trinajstić information content (AvgIpc) is 2.68. The van der Waals surface area contributed by atoms with Gasteiger partial charge in [-0.05, 0) is 24.3 Å². The van der Waals surface area contributed by atoms with E-state index in [9.17, 15) is 13.2 Å². The molecule has 0 spiro atoms. The van der Waals surface area contributed by atoms with E-state index in [0.717, 1.165) is 11.9 Å². The molecule has 1 amide bonds. The van der Waals surface area contributed by atoms with Gasteiger partial charge in [-0.15, -0.1) is 0 Å². The monoisotopic (exact) mass is 397 g/mol. The van der Waals surface area contributed by atoms with E-state index in [0.29, 0.717) is 24.2 Å². The number of nitrogens with zero attached hydrogens (tertiary/aromatic N) is 3. The van der Waals surface area contributed by atoms with Crippen molar-refractivity contribution >= 4 is 21.6 Å². The lowest BCUT2D eigenvalue weighted by Crippen LogP contribution is -2.28. The van der Waals surface area contributed by atoms with Crippen LogP contribution in [0.1, 0.15) is 16.2 Å². The number of hydrogen-bond donors (Lipinski definition) is 2. The fourth-order valence-corrected chi connectivity index (χ4v) is 3.14. The van der Waals surface area contributed by atoms with Crippen molar-refractivity contribution in [1.82, 2.24) is 20.3 Å². The lowest BCUT2D eigenvalue weighted by Gasteiger charge is -2.08. The van der Waals surface area contributed by atoms with Gasteiger partial charge in [0.2, 0.25) is 0 Å². The second-order valence-corrected chi connectivity index (χ2v) is 8.13. The molecule has 8 nitrogen and oxygen atoms in total. The second kappa shape index (κ2) is 8.13. The van der Waals surface area contributed by atoms with Gasteiger partial charge in [0.25, 0.3) is 5.91 Å². The van der Waals surface area contributed by atoms with Crippen LogP contribution in [-0.4, -0.2) is 42.1 Å². The zero-order valence-corrected chi connectivity index (χ0v) is 16.0. The molecule has 2 aromatic heterocycles. The molecule has 0 atom stereocenters. The Hall–Kier alpha value is -3.33. The maximum Gasteiger partial charge on any atom is 0.273 e. The Kier molecular flexibility index (Phi) is 5.65. The van der Waals surface area contributed by atoms with E-state index >= 15 is 0 Å². The number of nitrogens with one attached hydrogen (secondary N) is 1. The Balaban J connectivity index is 1.74. The summed E-state index contributed by atoms with van der Waals surface area (Å²) in [4.78, 5) is 25.2. The number of nitrogens with two attached hydrogens (primary N) is 1. The summed E-state index contributed by atoms with van der Waals surface area (Å²) in [6, 6.07) is 11.8. The minimum absolute atomic E-state index is 0.0192. The van der Waals surface area contributed by atoms with Gasteiger partial charge >= 0.3 is 0 Å². The third-order valence-electron chi connectivity index (χ3n) is 3.99. The van der Waals surface area contributed by atoms with Gasteiger partial charge in [0, 0.05) is 36.7 Å². The summed E-state index contributed by atoms with van der Waals surface area (Å²) < 4.78 is 23.1. The molecular weight excluding hydrogens is 378 g/mol. The van der Waals surface area contributed by atoms with E-state index in [-0.39, 0.29) is 16.4 Å². The summed E-state index contributed by atoms with van der Waals surface area (Å²) in [5.41, 5.74) is 7.74. The predicted octanol–water partition coefficient (Wildman–Crippen LogP) is 1.50. The van der Waals surface area contributed by atoms with Crippen LogP contribution in [0.5, 0.6) is 0 Å². The van der Waals surface area contributed by atoms with E-state index in [1.165, 1.54) is 18.3 Å². The van der Waals surface area contributed by atoms with E-state index in [4.69, 9.17) is 5.73 Å². The highest BCUT2D eigenvalue weighted by atomic mass is 32.2. The van der Waals surface area contributed by atoms with E-state index in [2.05, 4.69) is 20.3 Å². The Morgan fingerprint density at radius 1 is 1.11 bits per heavy atom. The third kappa shape index (κ3) is 4.68. The summed E-state index contributed by atoms with van der Waals surface area (Å²) >= 11 is 0. The molecule has 3 N–H and O–H groups in total. The number of hydrogen-bond acceptors (Lipinski definition) is 7. The SMILES string of the molecule is CS(=O)(=O)c1ccc(-c2cnc(N)c(C(=O)NCCc3ccccn3)n2)cc1. The van der Waals surface area contributed by atoms with Crippen LogP contribution in [0.15, 0.2) is 59.8 Å². The van der Waals surface area contributed by atoms with Gasteiger partial charge in [-0.1, -0.05) is 18.2 Å². The molecule has 0 radical (unpaired) electrons. The molecule has 28 heavy (non-hydrogen) atoms. The first-order valence-electron chi connectivity index (χ1n) is 8.46. The Morgan fingerprint density at radius 2 is 1.86 bits per heavy atom. The number of benzene rings is 1. The van der Waals surface area contributed by atoms with Gasteiger partial charge in [-0.2, -0.15) is 0 Å². The van der Waals surface area contributed by atoms with Crippen LogP contribution >= 0.6 is 0 Å². The summed E-state index contributed by atoms with van der Waals surface area (Å²) in [5, 5.41) is 2.76. The highest BCUT2D eigenvalue weighted by Gasteiger charge is 2.15. The summed E-state index contributed by atoms with van der Waals surface area (Å²) in [6.07, 6.45) is 4.85. The topological polar surface area (TPSA) is 128 Å². The van der Waals surface area contributed by atoms with Crippen molar-refractivity contribution in [1.29, 1.82) is 0 Å². The number of carbonyl (C=O) groups is 1. The van der Waals surface area contributed by atoms with Crippen LogP contribution in [-0.2, 0) is 16.3 Å². The number of rotatable bonds is 6. The van der Waals surface area contributed by atoms with Gasteiger partial charge in [0.05, 0.1) is 16.8 Å². The molecule has 9 heteroatoms. The van der Waals surface area contributed by atoms with Gasteiger partial charge in [0.1, 0.15) is 0 Å². The molecule has 144 valence electrons. The number of pyridine rings is 1. The molecule has 3 aromatic rings. The van der Waals surface area contributed by atoms with Crippen LogP contribution < -0.4 is 11.1 Å². The largest absolute Gasteiger partial charge is 0.382 e. The van der Waals surface area contributed by atoms with Crippen LogP contribution in [0.2, 0.25) is 0 Å². The van der Waals surface area contributed by atoms with Crippen molar-refractivity contribution in [3.8, 4) is 11.3 Å². The maximum atomic E-state index is 12.4. The van der Waals surface area contributed by atoms with Crippen molar-refractivity contribution in [2.75, 3.05) is 18.5 Å². The molecule has 1 aromatic carbocycles. The summed E-state index contributed by atoms with van der Waals surface area (Å²) in [6.45, 7) is 0.379. The van der Waals surface area contributed by atoms with Crippen molar-refractivity contribution in [3.63, 3.8) is 0 Å². The first kappa shape index (κ1) is 19.4. The Bertz CT molecular complexity index is 1080. The number of amides is 1.